The Morgan fingerprint density at radius 3 is 2.80 bits per heavy atom. The number of aromatic carboxylic acids is 1. The maximum atomic E-state index is 11.2. The number of morpholine rings is 1. The van der Waals surface area contributed by atoms with Gasteiger partial charge >= 0.3 is 5.97 Å². The standard InChI is InChI=1S/C12H13ClN4O3/c1-7-8(11(18)19)6-9-10(14-12(13)15-17(7)9)16-2-4-20-5-3-16/h6H,2-5H2,1H3,(H,18,19). The third kappa shape index (κ3) is 2.08. The zero-order chi connectivity index (χ0) is 14.3. The fourth-order valence-electron chi connectivity index (χ4n) is 2.36. The number of fused-ring (bicyclic) bond motifs is 1. The van der Waals surface area contributed by atoms with Gasteiger partial charge in [-0.15, -0.1) is 5.10 Å². The minimum atomic E-state index is -0.989. The van der Waals surface area contributed by atoms with Crippen molar-refractivity contribution in [3.8, 4) is 0 Å². The molecule has 1 N–H and O–H groups in total. The van der Waals surface area contributed by atoms with E-state index in [9.17, 15) is 9.90 Å². The average Bonchev–Trinajstić information content (AvgIpc) is 2.77. The van der Waals surface area contributed by atoms with Crippen LogP contribution in [0.15, 0.2) is 6.07 Å². The molecule has 0 spiro atoms. The summed E-state index contributed by atoms with van der Waals surface area (Å²) in [6.07, 6.45) is 0. The number of anilines is 1. The quantitative estimate of drug-likeness (QED) is 0.898. The van der Waals surface area contributed by atoms with Crippen LogP contribution in [0.1, 0.15) is 16.1 Å². The van der Waals surface area contributed by atoms with Crippen LogP contribution in [0.2, 0.25) is 5.28 Å². The summed E-state index contributed by atoms with van der Waals surface area (Å²) >= 11 is 5.96. The smallest absolute Gasteiger partial charge is 0.337 e. The van der Waals surface area contributed by atoms with Crippen LogP contribution in [0.3, 0.4) is 0 Å². The second-order valence-corrected chi connectivity index (χ2v) is 4.89. The van der Waals surface area contributed by atoms with E-state index in [1.807, 2.05) is 4.90 Å². The monoisotopic (exact) mass is 296 g/mol. The first-order valence-electron chi connectivity index (χ1n) is 6.20. The SMILES string of the molecule is Cc1c(C(=O)O)cc2c(N3CCOCC3)nc(Cl)nn12. The number of halogens is 1. The van der Waals surface area contributed by atoms with Gasteiger partial charge in [0.15, 0.2) is 5.82 Å². The predicted octanol–water partition coefficient (Wildman–Crippen LogP) is 1.23. The molecule has 0 unspecified atom stereocenters. The summed E-state index contributed by atoms with van der Waals surface area (Å²) in [6.45, 7) is 4.30. The van der Waals surface area contributed by atoms with Crippen LogP contribution >= 0.6 is 11.6 Å². The molecule has 0 radical (unpaired) electrons. The maximum absolute atomic E-state index is 11.2. The lowest BCUT2D eigenvalue weighted by atomic mass is 10.2. The normalized spacial score (nSPS) is 15.8. The van der Waals surface area contributed by atoms with Crippen molar-refractivity contribution < 1.29 is 14.6 Å². The van der Waals surface area contributed by atoms with Gasteiger partial charge in [0.1, 0.15) is 5.52 Å². The average molecular weight is 297 g/mol. The Labute approximate surface area is 119 Å². The van der Waals surface area contributed by atoms with Gasteiger partial charge in [0, 0.05) is 13.1 Å². The highest BCUT2D eigenvalue weighted by molar-refractivity contribution is 6.28. The lowest BCUT2D eigenvalue weighted by Gasteiger charge is -2.28. The summed E-state index contributed by atoms with van der Waals surface area (Å²) in [7, 11) is 0. The Balaban J connectivity index is 2.20. The third-order valence-corrected chi connectivity index (χ3v) is 3.53. The summed E-state index contributed by atoms with van der Waals surface area (Å²) in [6, 6.07) is 1.58. The molecule has 0 amide bonds. The molecule has 2 aromatic rings. The zero-order valence-corrected chi connectivity index (χ0v) is 11.6. The minimum absolute atomic E-state index is 0.0923. The van der Waals surface area contributed by atoms with Gasteiger partial charge in [0.25, 0.3) is 0 Å². The Morgan fingerprint density at radius 2 is 2.15 bits per heavy atom. The topological polar surface area (TPSA) is 80.0 Å². The highest BCUT2D eigenvalue weighted by Gasteiger charge is 2.21. The number of hydrogen-bond donors (Lipinski definition) is 1. The molecule has 106 valence electrons. The number of carbonyl (C=O) groups is 1. The lowest BCUT2D eigenvalue weighted by Crippen LogP contribution is -2.37. The molecule has 0 aromatic carbocycles. The van der Waals surface area contributed by atoms with Crippen LogP contribution in [0.25, 0.3) is 5.52 Å². The number of nitrogens with zero attached hydrogens (tertiary/aromatic N) is 4. The molecule has 8 heteroatoms. The first kappa shape index (κ1) is 13.1. The summed E-state index contributed by atoms with van der Waals surface area (Å²) in [5, 5.41) is 13.4. The zero-order valence-electron chi connectivity index (χ0n) is 10.8. The Hall–Kier alpha value is -1.86. The van der Waals surface area contributed by atoms with Crippen molar-refractivity contribution in [2.24, 2.45) is 0 Å². The van der Waals surface area contributed by atoms with Gasteiger partial charge in [-0.1, -0.05) is 0 Å². The van der Waals surface area contributed by atoms with Crippen molar-refractivity contribution in [3.05, 3.63) is 22.6 Å². The minimum Gasteiger partial charge on any atom is -0.478 e. The molecule has 1 fully saturated rings. The summed E-state index contributed by atoms with van der Waals surface area (Å²) in [5.41, 5.74) is 1.38. The van der Waals surface area contributed by atoms with Gasteiger partial charge in [-0.2, -0.15) is 4.98 Å². The molecule has 3 rings (SSSR count). The summed E-state index contributed by atoms with van der Waals surface area (Å²) < 4.78 is 6.84. The van der Waals surface area contributed by atoms with Crippen molar-refractivity contribution >= 4 is 28.9 Å². The molecule has 0 aliphatic carbocycles. The van der Waals surface area contributed by atoms with Crippen molar-refractivity contribution in [3.63, 3.8) is 0 Å². The number of ether oxygens (including phenoxy) is 1. The fourth-order valence-corrected chi connectivity index (χ4v) is 2.51. The van der Waals surface area contributed by atoms with Crippen LogP contribution in [-0.4, -0.2) is 52.0 Å². The van der Waals surface area contributed by atoms with Gasteiger partial charge in [0.05, 0.1) is 24.5 Å². The van der Waals surface area contributed by atoms with Crippen LogP contribution in [-0.2, 0) is 4.74 Å². The molecule has 1 saturated heterocycles. The molecule has 3 heterocycles. The Morgan fingerprint density at radius 1 is 1.45 bits per heavy atom. The number of aromatic nitrogens is 3. The van der Waals surface area contributed by atoms with Crippen LogP contribution in [0, 0.1) is 6.92 Å². The Kier molecular flexibility index (Phi) is 3.23. The molecule has 0 saturated carbocycles. The van der Waals surface area contributed by atoms with E-state index < -0.39 is 5.97 Å². The number of carboxylic acids is 1. The molecule has 7 nitrogen and oxygen atoms in total. The second kappa shape index (κ2) is 4.92. The molecular formula is C12H13ClN4O3. The van der Waals surface area contributed by atoms with Gasteiger partial charge in [-0.25, -0.2) is 9.31 Å². The van der Waals surface area contributed by atoms with E-state index in [2.05, 4.69) is 10.1 Å². The van der Waals surface area contributed by atoms with Gasteiger partial charge < -0.3 is 14.7 Å². The van der Waals surface area contributed by atoms with Crippen LogP contribution < -0.4 is 4.90 Å². The van der Waals surface area contributed by atoms with E-state index in [1.165, 1.54) is 4.52 Å². The van der Waals surface area contributed by atoms with E-state index in [0.717, 1.165) is 0 Å². The molecule has 0 atom stereocenters. The molecule has 20 heavy (non-hydrogen) atoms. The van der Waals surface area contributed by atoms with E-state index in [-0.39, 0.29) is 10.8 Å². The van der Waals surface area contributed by atoms with Crippen molar-refractivity contribution in [1.82, 2.24) is 14.6 Å². The molecule has 2 aromatic heterocycles. The second-order valence-electron chi connectivity index (χ2n) is 4.55. The third-order valence-electron chi connectivity index (χ3n) is 3.37. The van der Waals surface area contributed by atoms with E-state index in [4.69, 9.17) is 16.3 Å². The van der Waals surface area contributed by atoms with Crippen molar-refractivity contribution in [1.29, 1.82) is 0 Å². The van der Waals surface area contributed by atoms with Crippen LogP contribution in [0.5, 0.6) is 0 Å². The summed E-state index contributed by atoms with van der Waals surface area (Å²) in [5.74, 6) is -0.346. The van der Waals surface area contributed by atoms with Crippen molar-refractivity contribution in [2.45, 2.75) is 6.92 Å². The number of aryl methyl sites for hydroxylation is 1. The molecule has 1 aliphatic rings. The maximum Gasteiger partial charge on any atom is 0.337 e. The molecular weight excluding hydrogens is 284 g/mol. The number of rotatable bonds is 2. The number of carboxylic acid groups (broad SMARTS) is 1. The van der Waals surface area contributed by atoms with E-state index >= 15 is 0 Å². The summed E-state index contributed by atoms with van der Waals surface area (Å²) in [4.78, 5) is 17.5. The Bertz CT molecular complexity index is 679. The predicted molar refractivity (Wildman–Crippen MR) is 72.7 cm³/mol. The van der Waals surface area contributed by atoms with Crippen LogP contribution in [0.4, 0.5) is 5.82 Å². The van der Waals surface area contributed by atoms with E-state index in [0.29, 0.717) is 43.3 Å². The fraction of sp³-hybridized carbons (Fsp3) is 0.417. The highest BCUT2D eigenvalue weighted by atomic mass is 35.5. The van der Waals surface area contributed by atoms with E-state index in [1.54, 1.807) is 13.0 Å². The highest BCUT2D eigenvalue weighted by Crippen LogP contribution is 2.25. The first-order valence-corrected chi connectivity index (χ1v) is 6.57. The largest absolute Gasteiger partial charge is 0.478 e. The first-order chi connectivity index (χ1) is 9.58. The number of hydrogen-bond acceptors (Lipinski definition) is 5. The van der Waals surface area contributed by atoms with Crippen molar-refractivity contribution in [2.75, 3.05) is 31.2 Å². The van der Waals surface area contributed by atoms with Gasteiger partial charge in [0.2, 0.25) is 5.28 Å². The molecule has 0 bridgehead atoms. The molecule has 1 aliphatic heterocycles. The van der Waals surface area contributed by atoms with Gasteiger partial charge in [-0.05, 0) is 24.6 Å². The lowest BCUT2D eigenvalue weighted by molar-refractivity contribution is 0.0696. The van der Waals surface area contributed by atoms with Gasteiger partial charge in [-0.3, -0.25) is 0 Å².